The molecule has 2 fully saturated rings. The molecule has 0 radical (unpaired) electrons. The Labute approximate surface area is 197 Å². The summed E-state index contributed by atoms with van der Waals surface area (Å²) < 4.78 is 50.3. The molecule has 0 spiro atoms. The maximum atomic E-state index is 12.6. The van der Waals surface area contributed by atoms with Crippen LogP contribution in [0.15, 0.2) is 40.3 Å². The highest BCUT2D eigenvalue weighted by Crippen LogP contribution is 2.45. The van der Waals surface area contributed by atoms with E-state index in [1.165, 1.54) is 12.1 Å². The third-order valence-electron chi connectivity index (χ3n) is 6.98. The van der Waals surface area contributed by atoms with Crippen LogP contribution in [0.4, 0.5) is 24.9 Å². The van der Waals surface area contributed by atoms with E-state index < -0.39 is 16.3 Å². The largest absolute Gasteiger partial charge is 0.446 e. The molecule has 33 heavy (non-hydrogen) atoms. The molecule has 6 nitrogen and oxygen atoms in total. The molecule has 1 atom stereocenters. The Bertz CT molecular complexity index is 1030. The minimum Gasteiger partial charge on any atom is -0.394 e. The van der Waals surface area contributed by atoms with Gasteiger partial charge in [-0.15, -0.1) is 0 Å². The summed E-state index contributed by atoms with van der Waals surface area (Å²) in [6.07, 6.45) is 6.13. The van der Waals surface area contributed by atoms with Crippen LogP contribution in [0, 0.1) is 0 Å². The van der Waals surface area contributed by atoms with E-state index in [4.69, 9.17) is 4.98 Å². The Hall–Kier alpha value is -1.85. The molecular formula is C22H25F3N4O2S2. The monoisotopic (exact) mass is 498 g/mol. The minimum absolute atomic E-state index is 0.0225. The van der Waals surface area contributed by atoms with Crippen molar-refractivity contribution in [2.24, 2.45) is 0 Å². The van der Waals surface area contributed by atoms with Crippen LogP contribution in [0.25, 0.3) is 0 Å². The van der Waals surface area contributed by atoms with Gasteiger partial charge >= 0.3 is 5.51 Å². The molecule has 1 aromatic heterocycles. The van der Waals surface area contributed by atoms with Gasteiger partial charge in [0.05, 0.1) is 29.1 Å². The van der Waals surface area contributed by atoms with Crippen molar-refractivity contribution in [1.29, 1.82) is 0 Å². The van der Waals surface area contributed by atoms with Gasteiger partial charge in [-0.05, 0) is 67.5 Å². The van der Waals surface area contributed by atoms with Gasteiger partial charge in [-0.1, -0.05) is 12.1 Å². The Balaban J connectivity index is 1.27. The fraction of sp³-hybridized carbons (Fsp3) is 0.545. The molecule has 1 saturated heterocycles. The quantitative estimate of drug-likeness (QED) is 0.618. The van der Waals surface area contributed by atoms with E-state index in [-0.39, 0.29) is 34.7 Å². The zero-order chi connectivity index (χ0) is 23.2. The molecule has 1 N–H and O–H groups in total. The van der Waals surface area contributed by atoms with Crippen molar-refractivity contribution in [3.63, 3.8) is 0 Å². The third-order valence-corrected chi connectivity index (χ3v) is 9.00. The van der Waals surface area contributed by atoms with E-state index in [0.29, 0.717) is 22.5 Å². The van der Waals surface area contributed by atoms with Gasteiger partial charge in [-0.2, -0.15) is 18.2 Å². The molecule has 3 aliphatic rings. The average molecular weight is 499 g/mol. The number of aromatic nitrogens is 2. The molecule has 1 unspecified atom stereocenters. The van der Waals surface area contributed by atoms with Crippen LogP contribution in [0.5, 0.6) is 0 Å². The highest BCUT2D eigenvalue weighted by atomic mass is 32.2. The van der Waals surface area contributed by atoms with Crippen molar-refractivity contribution in [2.45, 2.75) is 58.9 Å². The Kier molecular flexibility index (Phi) is 6.07. The first-order valence-corrected chi connectivity index (χ1v) is 13.2. The maximum absolute atomic E-state index is 12.6. The highest BCUT2D eigenvalue weighted by Gasteiger charge is 2.47. The van der Waals surface area contributed by atoms with Crippen molar-refractivity contribution < 1.29 is 22.5 Å². The fourth-order valence-corrected chi connectivity index (χ4v) is 6.76. The summed E-state index contributed by atoms with van der Waals surface area (Å²) in [5.41, 5.74) is -3.59. The molecule has 3 heterocycles. The van der Waals surface area contributed by atoms with E-state index in [9.17, 15) is 22.5 Å². The van der Waals surface area contributed by atoms with Gasteiger partial charge in [0.1, 0.15) is 10.8 Å². The van der Waals surface area contributed by atoms with Crippen molar-refractivity contribution in [3.8, 4) is 0 Å². The van der Waals surface area contributed by atoms with E-state index in [0.717, 1.165) is 50.8 Å². The number of nitrogens with zero attached hydrogens (tertiary/aromatic N) is 4. The Morgan fingerprint density at radius 2 is 1.88 bits per heavy atom. The van der Waals surface area contributed by atoms with Gasteiger partial charge in [-0.3, -0.25) is 4.21 Å². The van der Waals surface area contributed by atoms with Crippen molar-refractivity contribution >= 4 is 34.3 Å². The smallest absolute Gasteiger partial charge is 0.394 e. The number of piperidine rings is 1. The normalized spacial score (nSPS) is 22.8. The number of alkyl halides is 3. The van der Waals surface area contributed by atoms with Crippen molar-refractivity contribution in [1.82, 2.24) is 9.97 Å². The van der Waals surface area contributed by atoms with Gasteiger partial charge in [0.15, 0.2) is 5.82 Å². The fourth-order valence-electron chi connectivity index (χ4n) is 4.92. The first kappa shape index (κ1) is 22.9. The highest BCUT2D eigenvalue weighted by molar-refractivity contribution is 8.00. The van der Waals surface area contributed by atoms with Crippen LogP contribution in [-0.2, 0) is 10.8 Å². The summed E-state index contributed by atoms with van der Waals surface area (Å²) in [6.45, 7) is 1.49. The standard InChI is InChI=1S/C22H25F3N4O2S2/c23-22(24,25)32-17-4-2-15(3-5-17)16-6-10-28(11-7-16)20-26-12-18-19(27-20)29(14-33(18)31)21(13-30)8-1-9-21/h2-5,12,16,30H,1,6-11,13-14H2. The molecule has 178 valence electrons. The van der Waals surface area contributed by atoms with Crippen LogP contribution in [0.1, 0.15) is 43.6 Å². The van der Waals surface area contributed by atoms with Crippen LogP contribution >= 0.6 is 11.8 Å². The maximum Gasteiger partial charge on any atom is 0.446 e. The van der Waals surface area contributed by atoms with Crippen LogP contribution in [0.2, 0.25) is 0 Å². The number of aliphatic hydroxyl groups is 1. The van der Waals surface area contributed by atoms with Crippen molar-refractivity contribution in [3.05, 3.63) is 36.0 Å². The minimum atomic E-state index is -4.28. The number of hydrogen-bond donors (Lipinski definition) is 1. The summed E-state index contributed by atoms with van der Waals surface area (Å²) >= 11 is -0.0934. The number of benzene rings is 1. The number of thioether (sulfide) groups is 1. The lowest BCUT2D eigenvalue weighted by Crippen LogP contribution is -2.56. The second kappa shape index (κ2) is 8.74. The van der Waals surface area contributed by atoms with E-state index in [1.807, 2.05) is 4.90 Å². The second-order valence-electron chi connectivity index (χ2n) is 8.87. The topological polar surface area (TPSA) is 69.6 Å². The predicted molar refractivity (Wildman–Crippen MR) is 122 cm³/mol. The second-order valence-corrected chi connectivity index (χ2v) is 11.4. The number of aliphatic hydroxyl groups excluding tert-OH is 1. The lowest BCUT2D eigenvalue weighted by atomic mass is 9.76. The van der Waals surface area contributed by atoms with Crippen LogP contribution in [0.3, 0.4) is 0 Å². The number of hydrogen-bond acceptors (Lipinski definition) is 7. The molecule has 1 saturated carbocycles. The molecular weight excluding hydrogens is 473 g/mol. The summed E-state index contributed by atoms with van der Waals surface area (Å²) in [6, 6.07) is 6.66. The molecule has 2 aromatic rings. The summed E-state index contributed by atoms with van der Waals surface area (Å²) in [4.78, 5) is 14.2. The first-order chi connectivity index (χ1) is 15.8. The number of anilines is 2. The van der Waals surface area contributed by atoms with Crippen LogP contribution < -0.4 is 9.80 Å². The Morgan fingerprint density at radius 1 is 1.18 bits per heavy atom. The number of fused-ring (bicyclic) bond motifs is 1. The van der Waals surface area contributed by atoms with Gasteiger partial charge in [0.2, 0.25) is 5.95 Å². The van der Waals surface area contributed by atoms with Gasteiger partial charge in [0.25, 0.3) is 0 Å². The van der Waals surface area contributed by atoms with Gasteiger partial charge in [-0.25, -0.2) is 4.98 Å². The zero-order valence-corrected chi connectivity index (χ0v) is 19.6. The Morgan fingerprint density at radius 3 is 2.45 bits per heavy atom. The molecule has 1 aliphatic carbocycles. The molecule has 2 aliphatic heterocycles. The van der Waals surface area contributed by atoms with Crippen molar-refractivity contribution in [2.75, 3.05) is 35.4 Å². The van der Waals surface area contributed by atoms with Crippen LogP contribution in [-0.4, -0.2) is 55.9 Å². The van der Waals surface area contributed by atoms with E-state index in [2.05, 4.69) is 9.88 Å². The van der Waals surface area contributed by atoms with Gasteiger partial charge < -0.3 is 14.9 Å². The summed E-state index contributed by atoms with van der Waals surface area (Å²) in [7, 11) is -1.20. The number of halogens is 3. The molecule has 11 heteroatoms. The van der Waals surface area contributed by atoms with E-state index >= 15 is 0 Å². The summed E-state index contributed by atoms with van der Waals surface area (Å²) in [5.74, 6) is 1.89. The average Bonchev–Trinajstić information content (AvgIpc) is 3.09. The SMILES string of the molecule is O=S1CN(C2(CO)CCC2)c2nc(N3CCC(c4ccc(SC(F)(F)F)cc4)CC3)ncc21. The lowest BCUT2D eigenvalue weighted by molar-refractivity contribution is -0.0328. The van der Waals surface area contributed by atoms with E-state index in [1.54, 1.807) is 18.3 Å². The molecule has 1 aromatic carbocycles. The zero-order valence-electron chi connectivity index (χ0n) is 17.9. The predicted octanol–water partition coefficient (Wildman–Crippen LogP) is 4.27. The first-order valence-electron chi connectivity index (χ1n) is 11.0. The molecule has 5 rings (SSSR count). The summed E-state index contributed by atoms with van der Waals surface area (Å²) in [5, 5.41) is 9.99. The lowest BCUT2D eigenvalue weighted by Gasteiger charge is -2.47. The molecule has 0 bridgehead atoms. The number of rotatable bonds is 5. The third kappa shape index (κ3) is 4.46. The van der Waals surface area contributed by atoms with Gasteiger partial charge in [0, 0.05) is 18.0 Å². The molecule has 0 amide bonds.